The zero-order valence-electron chi connectivity index (χ0n) is 14.1. The third kappa shape index (κ3) is 3.40. The Balaban J connectivity index is 1.80. The van der Waals surface area contributed by atoms with Gasteiger partial charge in [-0.3, -0.25) is 9.48 Å². The zero-order valence-corrected chi connectivity index (χ0v) is 14.1. The third-order valence-corrected chi connectivity index (χ3v) is 3.95. The van der Waals surface area contributed by atoms with Gasteiger partial charge in [-0.2, -0.15) is 5.10 Å². The summed E-state index contributed by atoms with van der Waals surface area (Å²) in [4.78, 5) is 12.4. The van der Waals surface area contributed by atoms with Gasteiger partial charge in [0.05, 0.1) is 12.0 Å². The van der Waals surface area contributed by atoms with Crippen molar-refractivity contribution >= 4 is 5.91 Å². The van der Waals surface area contributed by atoms with Crippen LogP contribution in [0.15, 0.2) is 53.1 Å². The highest BCUT2D eigenvalue weighted by Gasteiger charge is 2.20. The molecule has 2 heterocycles. The monoisotopic (exact) mass is 323 g/mol. The molecule has 0 spiro atoms. The lowest BCUT2D eigenvalue weighted by molar-refractivity contribution is 0.0948. The van der Waals surface area contributed by atoms with Crippen LogP contribution >= 0.6 is 0 Å². The summed E-state index contributed by atoms with van der Waals surface area (Å²) in [5.41, 5.74) is 3.68. The largest absolute Gasteiger partial charge is 0.467 e. The number of hydrogen-bond acceptors (Lipinski definition) is 3. The third-order valence-electron chi connectivity index (χ3n) is 3.95. The Morgan fingerprint density at radius 1 is 1.21 bits per heavy atom. The van der Waals surface area contributed by atoms with Gasteiger partial charge in [-0.05, 0) is 51.1 Å². The molecule has 0 bridgehead atoms. The van der Waals surface area contributed by atoms with E-state index >= 15 is 0 Å². The van der Waals surface area contributed by atoms with E-state index in [0.717, 1.165) is 22.7 Å². The summed E-state index contributed by atoms with van der Waals surface area (Å²) in [5, 5.41) is 7.53. The number of rotatable bonds is 5. The number of aromatic nitrogens is 2. The van der Waals surface area contributed by atoms with E-state index in [9.17, 15) is 4.79 Å². The lowest BCUT2D eigenvalue weighted by atomic mass is 10.1. The molecule has 1 atom stereocenters. The van der Waals surface area contributed by atoms with Crippen molar-refractivity contribution in [2.45, 2.75) is 26.8 Å². The van der Waals surface area contributed by atoms with Crippen LogP contribution in [-0.2, 0) is 0 Å². The van der Waals surface area contributed by atoms with Crippen LogP contribution in [0.2, 0.25) is 0 Å². The van der Waals surface area contributed by atoms with Crippen molar-refractivity contribution in [1.29, 1.82) is 0 Å². The molecule has 0 aliphatic rings. The van der Waals surface area contributed by atoms with Crippen LogP contribution in [0.1, 0.15) is 39.1 Å². The summed E-state index contributed by atoms with van der Waals surface area (Å²) in [7, 11) is 0. The molecule has 0 saturated carbocycles. The molecule has 0 aliphatic heterocycles. The van der Waals surface area contributed by atoms with Crippen LogP contribution in [0.5, 0.6) is 0 Å². The standard InChI is InChI=1S/C19H21N3O2/c1-13-6-4-7-16(10-13)19(23)20-12-17(18-8-5-9-24-18)22-15(3)11-14(2)21-22/h4-11,17H,12H2,1-3H3,(H,20,23). The highest BCUT2D eigenvalue weighted by Crippen LogP contribution is 2.20. The molecule has 124 valence electrons. The Hall–Kier alpha value is -2.82. The minimum Gasteiger partial charge on any atom is -0.467 e. The van der Waals surface area contributed by atoms with E-state index in [4.69, 9.17) is 4.42 Å². The number of benzene rings is 1. The Morgan fingerprint density at radius 2 is 2.04 bits per heavy atom. The fourth-order valence-electron chi connectivity index (χ4n) is 2.83. The van der Waals surface area contributed by atoms with Gasteiger partial charge < -0.3 is 9.73 Å². The van der Waals surface area contributed by atoms with Crippen molar-refractivity contribution in [3.8, 4) is 0 Å². The molecule has 1 amide bonds. The molecule has 3 rings (SSSR count). The van der Waals surface area contributed by atoms with Crippen LogP contribution in [0.3, 0.4) is 0 Å². The summed E-state index contributed by atoms with van der Waals surface area (Å²) in [5.74, 6) is 0.669. The number of hydrogen-bond donors (Lipinski definition) is 1. The van der Waals surface area contributed by atoms with Crippen LogP contribution in [0.4, 0.5) is 0 Å². The average molecular weight is 323 g/mol. The summed E-state index contributed by atoms with van der Waals surface area (Å²) in [6, 6.07) is 13.1. The Bertz CT molecular complexity index is 834. The van der Waals surface area contributed by atoms with E-state index < -0.39 is 0 Å². The fraction of sp³-hybridized carbons (Fsp3) is 0.263. The first kappa shape index (κ1) is 16.1. The second kappa shape index (κ2) is 6.74. The van der Waals surface area contributed by atoms with E-state index in [1.54, 1.807) is 6.26 Å². The Kier molecular flexibility index (Phi) is 4.51. The van der Waals surface area contributed by atoms with E-state index in [-0.39, 0.29) is 11.9 Å². The molecule has 2 aromatic heterocycles. The number of amides is 1. The quantitative estimate of drug-likeness (QED) is 0.782. The van der Waals surface area contributed by atoms with Crippen molar-refractivity contribution in [2.75, 3.05) is 6.54 Å². The molecule has 3 aromatic rings. The van der Waals surface area contributed by atoms with Crippen molar-refractivity contribution in [1.82, 2.24) is 15.1 Å². The van der Waals surface area contributed by atoms with Gasteiger partial charge in [-0.25, -0.2) is 0 Å². The minimum atomic E-state index is -0.178. The zero-order chi connectivity index (χ0) is 17.1. The topological polar surface area (TPSA) is 60.1 Å². The maximum atomic E-state index is 12.4. The highest BCUT2D eigenvalue weighted by atomic mass is 16.3. The molecule has 0 aliphatic carbocycles. The van der Waals surface area contributed by atoms with Crippen LogP contribution in [-0.4, -0.2) is 22.2 Å². The minimum absolute atomic E-state index is 0.100. The number of nitrogens with one attached hydrogen (secondary N) is 1. The average Bonchev–Trinajstić information content (AvgIpc) is 3.18. The van der Waals surface area contributed by atoms with E-state index in [0.29, 0.717) is 12.1 Å². The second-order valence-electron chi connectivity index (χ2n) is 5.98. The van der Waals surface area contributed by atoms with Crippen molar-refractivity contribution in [3.05, 3.63) is 77.0 Å². The van der Waals surface area contributed by atoms with Gasteiger partial charge in [0.15, 0.2) is 0 Å². The van der Waals surface area contributed by atoms with Gasteiger partial charge in [0.1, 0.15) is 11.8 Å². The van der Waals surface area contributed by atoms with Gasteiger partial charge in [0.25, 0.3) is 5.91 Å². The second-order valence-corrected chi connectivity index (χ2v) is 5.98. The van der Waals surface area contributed by atoms with Gasteiger partial charge in [0, 0.05) is 17.8 Å². The van der Waals surface area contributed by atoms with Crippen molar-refractivity contribution < 1.29 is 9.21 Å². The Morgan fingerprint density at radius 3 is 2.67 bits per heavy atom. The molecule has 0 radical (unpaired) electrons. The number of aryl methyl sites for hydroxylation is 3. The normalized spacial score (nSPS) is 12.1. The molecule has 24 heavy (non-hydrogen) atoms. The van der Waals surface area contributed by atoms with E-state index in [1.807, 2.05) is 67.9 Å². The molecule has 5 nitrogen and oxygen atoms in total. The predicted molar refractivity (Wildman–Crippen MR) is 92.1 cm³/mol. The van der Waals surface area contributed by atoms with Crippen LogP contribution in [0, 0.1) is 20.8 Å². The lowest BCUT2D eigenvalue weighted by Crippen LogP contribution is -2.32. The number of nitrogens with zero attached hydrogens (tertiary/aromatic N) is 2. The van der Waals surface area contributed by atoms with Gasteiger partial charge in [-0.1, -0.05) is 17.7 Å². The molecular formula is C19H21N3O2. The van der Waals surface area contributed by atoms with Crippen molar-refractivity contribution in [2.24, 2.45) is 0 Å². The summed E-state index contributed by atoms with van der Waals surface area (Å²) >= 11 is 0. The molecule has 1 unspecified atom stereocenters. The molecule has 1 N–H and O–H groups in total. The first-order chi connectivity index (χ1) is 11.5. The molecule has 1 aromatic carbocycles. The van der Waals surface area contributed by atoms with Crippen LogP contribution in [0.25, 0.3) is 0 Å². The molecule has 0 saturated heterocycles. The fourth-order valence-corrected chi connectivity index (χ4v) is 2.83. The predicted octanol–water partition coefficient (Wildman–Crippen LogP) is 3.42. The molecule has 0 fully saturated rings. The number of carbonyl (C=O) groups excluding carboxylic acids is 1. The lowest BCUT2D eigenvalue weighted by Gasteiger charge is -2.18. The first-order valence-corrected chi connectivity index (χ1v) is 7.95. The summed E-state index contributed by atoms with van der Waals surface area (Å²) in [6.45, 7) is 6.33. The smallest absolute Gasteiger partial charge is 0.251 e. The summed E-state index contributed by atoms with van der Waals surface area (Å²) in [6.07, 6.45) is 1.64. The Labute approximate surface area is 141 Å². The highest BCUT2D eigenvalue weighted by molar-refractivity contribution is 5.94. The molecular weight excluding hydrogens is 302 g/mol. The van der Waals surface area contributed by atoms with Gasteiger partial charge in [-0.15, -0.1) is 0 Å². The summed E-state index contributed by atoms with van der Waals surface area (Å²) < 4.78 is 7.45. The maximum Gasteiger partial charge on any atom is 0.251 e. The van der Waals surface area contributed by atoms with E-state index in [2.05, 4.69) is 10.4 Å². The van der Waals surface area contributed by atoms with Crippen molar-refractivity contribution in [3.63, 3.8) is 0 Å². The first-order valence-electron chi connectivity index (χ1n) is 7.95. The SMILES string of the molecule is Cc1cccc(C(=O)NCC(c2ccco2)n2nc(C)cc2C)c1. The maximum absolute atomic E-state index is 12.4. The van der Waals surface area contributed by atoms with E-state index in [1.165, 1.54) is 0 Å². The number of carbonyl (C=O) groups is 1. The number of furan rings is 1. The van der Waals surface area contributed by atoms with Crippen LogP contribution < -0.4 is 5.32 Å². The molecule has 5 heteroatoms. The van der Waals surface area contributed by atoms with Gasteiger partial charge >= 0.3 is 0 Å². The van der Waals surface area contributed by atoms with Gasteiger partial charge in [0.2, 0.25) is 0 Å².